The van der Waals surface area contributed by atoms with Crippen LogP contribution < -0.4 is 10.1 Å². The van der Waals surface area contributed by atoms with Crippen LogP contribution in [0.25, 0.3) is 10.8 Å². The van der Waals surface area contributed by atoms with Crippen LogP contribution in [-0.4, -0.2) is 55.0 Å². The van der Waals surface area contributed by atoms with Gasteiger partial charge in [-0.1, -0.05) is 30.3 Å². The van der Waals surface area contributed by atoms with Crippen LogP contribution in [-0.2, 0) is 25.5 Å². The molecule has 7 nitrogen and oxygen atoms in total. The molecule has 7 heteroatoms. The second-order valence-corrected chi connectivity index (χ2v) is 8.75. The second-order valence-electron chi connectivity index (χ2n) is 8.75. The lowest BCUT2D eigenvalue weighted by molar-refractivity contribution is -0.151. The number of nitrogens with one attached hydrogen (secondary N) is 1. The van der Waals surface area contributed by atoms with Crippen molar-refractivity contribution in [2.24, 2.45) is 0 Å². The Kier molecular flexibility index (Phi) is 6.35. The zero-order valence-electron chi connectivity index (χ0n) is 18.7. The summed E-state index contributed by atoms with van der Waals surface area (Å²) in [7, 11) is 3.01. The van der Waals surface area contributed by atoms with Crippen LogP contribution in [0.1, 0.15) is 44.1 Å². The van der Waals surface area contributed by atoms with Gasteiger partial charge in [-0.2, -0.15) is 0 Å². The predicted octanol–water partition coefficient (Wildman–Crippen LogP) is 2.98. The van der Waals surface area contributed by atoms with Gasteiger partial charge in [0.15, 0.2) is 0 Å². The van der Waals surface area contributed by atoms with Crippen LogP contribution in [0.2, 0.25) is 0 Å². The Hall–Kier alpha value is -3.09. The van der Waals surface area contributed by atoms with Crippen molar-refractivity contribution >= 4 is 28.6 Å². The fourth-order valence-electron chi connectivity index (χ4n) is 5.15. The van der Waals surface area contributed by atoms with E-state index in [9.17, 15) is 14.4 Å². The molecule has 0 unspecified atom stereocenters. The van der Waals surface area contributed by atoms with Gasteiger partial charge in [-0.15, -0.1) is 0 Å². The Balaban J connectivity index is 1.54. The highest BCUT2D eigenvalue weighted by atomic mass is 16.5. The maximum Gasteiger partial charge on any atom is 0.328 e. The number of hydrogen-bond acceptors (Lipinski definition) is 5. The summed E-state index contributed by atoms with van der Waals surface area (Å²) in [6, 6.07) is 11.6. The van der Waals surface area contributed by atoms with Crippen LogP contribution in [0.5, 0.6) is 5.75 Å². The van der Waals surface area contributed by atoms with E-state index >= 15 is 0 Å². The first-order valence-corrected chi connectivity index (χ1v) is 11.2. The molecular formula is C25H30N2O5. The standard InChI is InChI=1S/C25H30N2O5/c1-31-21-10-9-17(18-6-3-4-7-19(18)21)16-25(13-11-22(28)26-25)14-12-23(29)27-15-5-8-20(27)24(30)32-2/h3-4,6-7,9-10,20H,5,8,11-16H2,1-2H3,(H,26,28)/t20-,25+/m0/s1. The van der Waals surface area contributed by atoms with Gasteiger partial charge in [-0.05, 0) is 49.1 Å². The molecule has 0 spiro atoms. The molecule has 0 saturated carbocycles. The highest BCUT2D eigenvalue weighted by Gasteiger charge is 2.40. The van der Waals surface area contributed by atoms with Gasteiger partial charge in [0.2, 0.25) is 11.8 Å². The molecule has 0 aromatic heterocycles. The van der Waals surface area contributed by atoms with Crippen molar-refractivity contribution in [1.29, 1.82) is 0 Å². The number of carbonyl (C=O) groups is 3. The molecule has 2 aliphatic rings. The molecule has 0 bridgehead atoms. The summed E-state index contributed by atoms with van der Waals surface area (Å²) in [6.45, 7) is 0.571. The molecule has 0 aliphatic carbocycles. The van der Waals surface area contributed by atoms with Gasteiger partial charge in [0.05, 0.1) is 14.2 Å². The summed E-state index contributed by atoms with van der Waals surface area (Å²) >= 11 is 0. The van der Waals surface area contributed by atoms with E-state index in [1.165, 1.54) is 7.11 Å². The Labute approximate surface area is 188 Å². The van der Waals surface area contributed by atoms with Crippen LogP contribution in [0.3, 0.4) is 0 Å². The third kappa shape index (κ3) is 4.29. The van der Waals surface area contributed by atoms with E-state index in [0.717, 1.165) is 28.5 Å². The van der Waals surface area contributed by atoms with Crippen molar-refractivity contribution < 1.29 is 23.9 Å². The number of methoxy groups -OCH3 is 2. The molecule has 1 N–H and O–H groups in total. The smallest absolute Gasteiger partial charge is 0.328 e. The Morgan fingerprint density at radius 1 is 1.16 bits per heavy atom. The molecule has 0 radical (unpaired) electrons. The SMILES string of the molecule is COC(=O)[C@@H]1CCCN1C(=O)CC[C@@]1(Cc2ccc(OC)c3ccccc23)CCC(=O)N1. The first kappa shape index (κ1) is 22.1. The molecule has 2 aromatic rings. The Morgan fingerprint density at radius 3 is 2.62 bits per heavy atom. The average Bonchev–Trinajstić information content (AvgIpc) is 3.45. The maximum atomic E-state index is 13.0. The Morgan fingerprint density at radius 2 is 1.94 bits per heavy atom. The molecule has 2 aromatic carbocycles. The molecule has 2 fully saturated rings. The average molecular weight is 439 g/mol. The van der Waals surface area contributed by atoms with Crippen LogP contribution in [0.4, 0.5) is 0 Å². The third-order valence-corrected chi connectivity index (χ3v) is 6.82. The lowest BCUT2D eigenvalue weighted by atomic mass is 9.83. The summed E-state index contributed by atoms with van der Waals surface area (Å²) in [5.41, 5.74) is 0.634. The number of likely N-dealkylation sites (tertiary alicyclic amines) is 1. The minimum atomic E-state index is -0.493. The largest absolute Gasteiger partial charge is 0.496 e. The highest BCUT2D eigenvalue weighted by molar-refractivity contribution is 5.91. The molecule has 2 saturated heterocycles. The summed E-state index contributed by atoms with van der Waals surface area (Å²) in [5.74, 6) is 0.415. The lowest BCUT2D eigenvalue weighted by Crippen LogP contribution is -2.46. The quantitative estimate of drug-likeness (QED) is 0.672. The number of ether oxygens (including phenoxy) is 2. The van der Waals surface area contributed by atoms with Crippen molar-refractivity contribution in [3.8, 4) is 5.75 Å². The number of nitrogens with zero attached hydrogens (tertiary/aromatic N) is 1. The number of esters is 1. The van der Waals surface area contributed by atoms with Gasteiger partial charge in [-0.25, -0.2) is 4.79 Å². The topological polar surface area (TPSA) is 84.9 Å². The molecule has 2 heterocycles. The highest BCUT2D eigenvalue weighted by Crippen LogP contribution is 2.35. The van der Waals surface area contributed by atoms with Crippen molar-refractivity contribution in [3.05, 3.63) is 42.0 Å². The first-order valence-electron chi connectivity index (χ1n) is 11.2. The molecule has 2 atom stereocenters. The monoisotopic (exact) mass is 438 g/mol. The van der Waals surface area contributed by atoms with E-state index in [-0.39, 0.29) is 24.2 Å². The molecule has 2 aliphatic heterocycles. The van der Waals surface area contributed by atoms with Gasteiger partial charge in [-0.3, -0.25) is 9.59 Å². The minimum absolute atomic E-state index is 0.0175. The van der Waals surface area contributed by atoms with Crippen molar-refractivity contribution in [3.63, 3.8) is 0 Å². The molecule has 32 heavy (non-hydrogen) atoms. The zero-order valence-corrected chi connectivity index (χ0v) is 18.7. The van der Waals surface area contributed by atoms with Crippen LogP contribution in [0.15, 0.2) is 36.4 Å². The van der Waals surface area contributed by atoms with E-state index in [4.69, 9.17) is 9.47 Å². The predicted molar refractivity (Wildman–Crippen MR) is 120 cm³/mol. The van der Waals surface area contributed by atoms with E-state index in [0.29, 0.717) is 38.6 Å². The van der Waals surface area contributed by atoms with E-state index in [1.54, 1.807) is 12.0 Å². The zero-order chi connectivity index (χ0) is 22.7. The van der Waals surface area contributed by atoms with Gasteiger partial charge in [0, 0.05) is 30.3 Å². The second kappa shape index (κ2) is 9.18. The molecule has 2 amide bonds. The van der Waals surface area contributed by atoms with Gasteiger partial charge >= 0.3 is 5.97 Å². The molecule has 170 valence electrons. The van der Waals surface area contributed by atoms with E-state index < -0.39 is 11.6 Å². The summed E-state index contributed by atoms with van der Waals surface area (Å²) in [4.78, 5) is 38.9. The summed E-state index contributed by atoms with van der Waals surface area (Å²) in [6.07, 6.45) is 4.02. The van der Waals surface area contributed by atoms with Crippen LogP contribution >= 0.6 is 0 Å². The molecular weight excluding hydrogens is 408 g/mol. The Bertz CT molecular complexity index is 1040. The van der Waals surface area contributed by atoms with Gasteiger partial charge in [0.25, 0.3) is 0 Å². The van der Waals surface area contributed by atoms with E-state index in [2.05, 4.69) is 11.4 Å². The van der Waals surface area contributed by atoms with Crippen LogP contribution in [0, 0.1) is 0 Å². The number of fused-ring (bicyclic) bond motifs is 1. The first-order chi connectivity index (χ1) is 15.5. The summed E-state index contributed by atoms with van der Waals surface area (Å²) in [5, 5.41) is 5.28. The number of hydrogen-bond donors (Lipinski definition) is 1. The number of carbonyl (C=O) groups excluding carboxylic acids is 3. The van der Waals surface area contributed by atoms with Gasteiger partial charge < -0.3 is 19.7 Å². The number of rotatable bonds is 7. The van der Waals surface area contributed by atoms with Crippen molar-refractivity contribution in [2.75, 3.05) is 20.8 Å². The summed E-state index contributed by atoms with van der Waals surface area (Å²) < 4.78 is 10.4. The fourth-order valence-corrected chi connectivity index (χ4v) is 5.15. The normalized spacial score (nSPS) is 22.8. The fraction of sp³-hybridized carbons (Fsp3) is 0.480. The number of amides is 2. The maximum absolute atomic E-state index is 13.0. The minimum Gasteiger partial charge on any atom is -0.496 e. The number of benzene rings is 2. The third-order valence-electron chi connectivity index (χ3n) is 6.82. The van der Waals surface area contributed by atoms with E-state index in [1.807, 2.05) is 30.3 Å². The van der Waals surface area contributed by atoms with Gasteiger partial charge in [0.1, 0.15) is 11.8 Å². The lowest BCUT2D eigenvalue weighted by Gasteiger charge is -2.31. The van der Waals surface area contributed by atoms with Crippen molar-refractivity contribution in [2.45, 2.75) is 56.5 Å². The van der Waals surface area contributed by atoms with Crippen molar-refractivity contribution in [1.82, 2.24) is 10.2 Å². The molecule has 4 rings (SSSR count).